The number of hydrogen-bond donors (Lipinski definition) is 0. The van der Waals surface area contributed by atoms with E-state index in [1.54, 1.807) is 0 Å². The van der Waals surface area contributed by atoms with Crippen LogP contribution in [0.4, 0.5) is 0 Å². The quantitative estimate of drug-likeness (QED) is 0.173. The summed E-state index contributed by atoms with van der Waals surface area (Å²) in [5.74, 6) is 0. The summed E-state index contributed by atoms with van der Waals surface area (Å²) in [7, 11) is 0. The predicted molar refractivity (Wildman–Crippen MR) is 196 cm³/mol. The Morgan fingerprint density at radius 2 is 0.381 bits per heavy atom. The molecule has 0 saturated heterocycles. The van der Waals surface area contributed by atoms with Crippen molar-refractivity contribution < 1.29 is 0 Å². The normalized spacial score (nSPS) is 9.29. The van der Waals surface area contributed by atoms with Gasteiger partial charge in [-0.25, -0.2) is 0 Å². The van der Waals surface area contributed by atoms with Crippen LogP contribution < -0.4 is 0 Å². The highest BCUT2D eigenvalue weighted by Gasteiger charge is 1.95. The molecular formula is C42H56. The second kappa shape index (κ2) is 23.8. The maximum atomic E-state index is 2.19. The monoisotopic (exact) mass is 560 g/mol. The van der Waals surface area contributed by atoms with Crippen molar-refractivity contribution in [1.29, 1.82) is 0 Å². The first-order valence-corrected chi connectivity index (χ1v) is 15.6. The minimum absolute atomic E-state index is 0.500. The van der Waals surface area contributed by atoms with Crippen molar-refractivity contribution in [1.82, 2.24) is 0 Å². The Bertz CT molecular complexity index is 1080. The topological polar surface area (TPSA) is 0 Å². The molecule has 6 aromatic rings. The zero-order valence-electron chi connectivity index (χ0n) is 28.1. The fourth-order valence-electron chi connectivity index (χ4n) is 3.40. The fraction of sp³-hybridized carbons (Fsp3) is 0.286. The van der Waals surface area contributed by atoms with Gasteiger partial charge in [0.25, 0.3) is 0 Å². The molecule has 0 atom stereocenters. The number of fused-ring (bicyclic) bond motifs is 3. The zero-order valence-corrected chi connectivity index (χ0v) is 28.1. The fourth-order valence-corrected chi connectivity index (χ4v) is 3.40. The van der Waals surface area contributed by atoms with Crippen LogP contribution in [-0.2, 0) is 0 Å². The molecule has 0 heterocycles. The first-order chi connectivity index (χ1) is 20.3. The number of rotatable bonds is 0. The smallest absolute Gasteiger partial charge is 0.0184 e. The van der Waals surface area contributed by atoms with Crippen LogP contribution in [0.3, 0.4) is 0 Å². The average molecular weight is 561 g/mol. The van der Waals surface area contributed by atoms with Gasteiger partial charge in [-0.15, -0.1) is 0 Å². The summed E-state index contributed by atoms with van der Waals surface area (Å²) in [5.41, 5.74) is 0.500. The van der Waals surface area contributed by atoms with Crippen LogP contribution >= 0.6 is 0 Å². The van der Waals surface area contributed by atoms with Gasteiger partial charge in [-0.3, -0.25) is 0 Å². The third kappa shape index (κ3) is 17.7. The molecule has 0 bridgehead atoms. The highest BCUT2D eigenvalue weighted by molar-refractivity contribution is 5.83. The van der Waals surface area contributed by atoms with Crippen molar-refractivity contribution in [3.8, 4) is 0 Å². The molecule has 6 aromatic carbocycles. The van der Waals surface area contributed by atoms with Crippen LogP contribution in [0.1, 0.15) is 75.7 Å². The van der Waals surface area contributed by atoms with Crippen LogP contribution in [0.5, 0.6) is 0 Å². The first kappa shape index (κ1) is 38.1. The molecule has 0 aliphatic heterocycles. The summed E-state index contributed by atoms with van der Waals surface area (Å²) in [6.07, 6.45) is 1.25. The SMILES string of the molecule is CC.CC.CC(C)(C)C.CCC.c1ccc2ccccc2c1.c1ccc2ccccc2c1.c1ccc2ccccc2c1. The molecular weight excluding hydrogens is 504 g/mol. The summed E-state index contributed by atoms with van der Waals surface area (Å²) in [5, 5.41) is 7.86. The molecule has 0 heteroatoms. The van der Waals surface area contributed by atoms with E-state index in [-0.39, 0.29) is 0 Å². The maximum absolute atomic E-state index is 2.19. The summed E-state index contributed by atoms with van der Waals surface area (Å²) in [6.45, 7) is 21.0. The molecule has 0 saturated carbocycles. The Hall–Kier alpha value is -3.90. The molecule has 0 fully saturated rings. The van der Waals surface area contributed by atoms with E-state index in [1.165, 1.54) is 38.7 Å². The number of benzene rings is 6. The minimum atomic E-state index is 0.500. The van der Waals surface area contributed by atoms with Gasteiger partial charge in [0.05, 0.1) is 0 Å². The van der Waals surface area contributed by atoms with Gasteiger partial charge in [-0.2, -0.15) is 0 Å². The van der Waals surface area contributed by atoms with E-state index in [0.717, 1.165) is 0 Å². The lowest BCUT2D eigenvalue weighted by Crippen LogP contribution is -1.93. The Kier molecular flexibility index (Phi) is 21.6. The summed E-state index contributed by atoms with van der Waals surface area (Å²) >= 11 is 0. The van der Waals surface area contributed by atoms with E-state index in [2.05, 4.69) is 187 Å². The second-order valence-electron chi connectivity index (χ2n) is 10.7. The maximum Gasteiger partial charge on any atom is -0.0184 e. The molecule has 0 aliphatic rings. The molecule has 0 unspecified atom stereocenters. The predicted octanol–water partition coefficient (Wildman–Crippen LogP) is 14.0. The molecule has 42 heavy (non-hydrogen) atoms. The van der Waals surface area contributed by atoms with Crippen LogP contribution in [0.15, 0.2) is 146 Å². The van der Waals surface area contributed by atoms with Crippen molar-refractivity contribution in [3.05, 3.63) is 146 Å². The molecule has 0 radical (unpaired) electrons. The third-order valence-electron chi connectivity index (χ3n) is 4.98. The molecule has 0 spiro atoms. The summed E-state index contributed by atoms with van der Waals surface area (Å²) in [6, 6.07) is 50.1. The van der Waals surface area contributed by atoms with Crippen molar-refractivity contribution in [3.63, 3.8) is 0 Å². The van der Waals surface area contributed by atoms with E-state index in [4.69, 9.17) is 0 Å². The van der Waals surface area contributed by atoms with Crippen LogP contribution in [0, 0.1) is 5.41 Å². The van der Waals surface area contributed by atoms with Gasteiger partial charge >= 0.3 is 0 Å². The molecule has 0 aromatic heterocycles. The van der Waals surface area contributed by atoms with Crippen molar-refractivity contribution in [2.75, 3.05) is 0 Å². The summed E-state index contributed by atoms with van der Waals surface area (Å²) in [4.78, 5) is 0. The summed E-state index contributed by atoms with van der Waals surface area (Å²) < 4.78 is 0. The van der Waals surface area contributed by atoms with E-state index in [0.29, 0.717) is 5.41 Å². The van der Waals surface area contributed by atoms with Gasteiger partial charge in [0, 0.05) is 0 Å². The third-order valence-corrected chi connectivity index (χ3v) is 4.98. The van der Waals surface area contributed by atoms with E-state index >= 15 is 0 Å². The van der Waals surface area contributed by atoms with E-state index < -0.39 is 0 Å². The lowest BCUT2D eigenvalue weighted by Gasteiger charge is -2.05. The highest BCUT2D eigenvalue weighted by atomic mass is 14.0. The first-order valence-electron chi connectivity index (χ1n) is 15.6. The average Bonchev–Trinajstić information content (AvgIpc) is 3.03. The Labute approximate surface area is 258 Å². The van der Waals surface area contributed by atoms with Crippen LogP contribution in [0.2, 0.25) is 0 Å². The van der Waals surface area contributed by atoms with E-state index in [1.807, 2.05) is 27.7 Å². The Morgan fingerprint density at radius 3 is 0.452 bits per heavy atom. The number of hydrogen-bond acceptors (Lipinski definition) is 0. The highest BCUT2D eigenvalue weighted by Crippen LogP contribution is 2.13. The Morgan fingerprint density at radius 1 is 0.310 bits per heavy atom. The standard InChI is InChI=1S/3C10H8.C5H12.C3H8.2C2H6/c3*1-2-6-10-8-4-3-7-9(10)5-1;1-5(2,3)4;1-3-2;2*1-2/h3*1-8H;1-4H3;3H2,1-2H3;2*1-2H3. The second-order valence-corrected chi connectivity index (χ2v) is 10.7. The van der Waals surface area contributed by atoms with Crippen LogP contribution in [0.25, 0.3) is 32.3 Å². The van der Waals surface area contributed by atoms with Crippen molar-refractivity contribution in [2.45, 2.75) is 75.7 Å². The van der Waals surface area contributed by atoms with E-state index in [9.17, 15) is 0 Å². The molecule has 0 N–H and O–H groups in total. The molecule has 0 amide bonds. The van der Waals surface area contributed by atoms with Crippen molar-refractivity contribution >= 4 is 32.3 Å². The molecule has 224 valence electrons. The minimum Gasteiger partial charge on any atom is -0.0683 e. The Balaban J connectivity index is 0.000000509. The lowest BCUT2D eigenvalue weighted by atomic mass is 10.0. The molecule has 0 aliphatic carbocycles. The van der Waals surface area contributed by atoms with Gasteiger partial charge in [-0.05, 0) is 37.7 Å². The van der Waals surface area contributed by atoms with Gasteiger partial charge < -0.3 is 0 Å². The zero-order chi connectivity index (χ0) is 31.6. The van der Waals surface area contributed by atoms with Gasteiger partial charge in [0.2, 0.25) is 0 Å². The molecule has 6 rings (SSSR count). The van der Waals surface area contributed by atoms with Gasteiger partial charge in [0.15, 0.2) is 0 Å². The largest absolute Gasteiger partial charge is 0.0683 e. The van der Waals surface area contributed by atoms with Crippen molar-refractivity contribution in [2.24, 2.45) is 5.41 Å². The van der Waals surface area contributed by atoms with Crippen LogP contribution in [-0.4, -0.2) is 0 Å². The van der Waals surface area contributed by atoms with Gasteiger partial charge in [0.1, 0.15) is 0 Å². The lowest BCUT2D eigenvalue weighted by molar-refractivity contribution is 0.469. The molecule has 0 nitrogen and oxygen atoms in total. The van der Waals surface area contributed by atoms with Gasteiger partial charge in [-0.1, -0.05) is 221 Å².